The quantitative estimate of drug-likeness (QED) is 0.486. The second kappa shape index (κ2) is 6.13. The van der Waals surface area contributed by atoms with Crippen molar-refractivity contribution in [3.63, 3.8) is 0 Å². The molecule has 0 aliphatic heterocycles. The van der Waals surface area contributed by atoms with Crippen LogP contribution in [0.5, 0.6) is 11.5 Å². The van der Waals surface area contributed by atoms with Crippen molar-refractivity contribution < 1.29 is 14.7 Å². The molecule has 4 heteroatoms. The Hall–Kier alpha value is -1.71. The van der Waals surface area contributed by atoms with Crippen LogP contribution in [0.1, 0.15) is 30.9 Å². The summed E-state index contributed by atoms with van der Waals surface area (Å²) in [5.74, 6) is 1.79. The van der Waals surface area contributed by atoms with Crippen LogP contribution in [-0.4, -0.2) is 25.6 Å². The Balaban J connectivity index is 3.31. The average Bonchev–Trinajstić information content (AvgIpc) is 2.34. The van der Waals surface area contributed by atoms with Crippen LogP contribution < -0.4 is 9.47 Å². The van der Waals surface area contributed by atoms with Crippen LogP contribution in [0.15, 0.2) is 17.3 Å². The van der Waals surface area contributed by atoms with Crippen molar-refractivity contribution in [2.24, 2.45) is 5.16 Å². The summed E-state index contributed by atoms with van der Waals surface area (Å²) in [4.78, 5) is 0. The topological polar surface area (TPSA) is 51.0 Å². The summed E-state index contributed by atoms with van der Waals surface area (Å²) in [6, 6.07) is 3.84. The Kier molecular flexibility index (Phi) is 4.82. The molecule has 0 amide bonds. The predicted octanol–water partition coefficient (Wildman–Crippen LogP) is 2.83. The maximum atomic E-state index is 8.50. The predicted molar refractivity (Wildman–Crippen MR) is 67.6 cm³/mol. The van der Waals surface area contributed by atoms with Gasteiger partial charge in [-0.1, -0.05) is 19.9 Å². The molecule has 0 unspecified atom stereocenters. The van der Waals surface area contributed by atoms with E-state index in [1.165, 1.54) is 6.21 Å². The van der Waals surface area contributed by atoms with Gasteiger partial charge >= 0.3 is 0 Å². The van der Waals surface area contributed by atoms with Gasteiger partial charge in [-0.3, -0.25) is 0 Å². The number of hydrogen-bond donors (Lipinski definition) is 1. The van der Waals surface area contributed by atoms with Gasteiger partial charge in [-0.05, 0) is 17.5 Å². The Morgan fingerprint density at radius 2 is 2.00 bits per heavy atom. The van der Waals surface area contributed by atoms with Gasteiger partial charge in [0.15, 0.2) is 11.5 Å². The van der Waals surface area contributed by atoms with Crippen LogP contribution in [0.4, 0.5) is 0 Å². The molecule has 0 heterocycles. The maximum absolute atomic E-state index is 8.50. The van der Waals surface area contributed by atoms with Crippen LogP contribution in [0, 0.1) is 0 Å². The number of rotatable bonds is 5. The normalized spacial score (nSPS) is 11.1. The van der Waals surface area contributed by atoms with Crippen LogP contribution in [0.2, 0.25) is 0 Å². The van der Waals surface area contributed by atoms with Gasteiger partial charge in [-0.25, -0.2) is 0 Å². The average molecular weight is 237 g/mol. The van der Waals surface area contributed by atoms with E-state index in [0.717, 1.165) is 22.6 Å². The number of oxime groups is 1. The fourth-order valence-corrected chi connectivity index (χ4v) is 1.94. The molecular weight excluding hydrogens is 218 g/mol. The highest BCUT2D eigenvalue weighted by molar-refractivity contribution is 5.64. The van der Waals surface area contributed by atoms with Crippen molar-refractivity contribution >= 4 is 6.21 Å². The minimum absolute atomic E-state index is 0.308. The fraction of sp³-hybridized carbons (Fsp3) is 0.462. The first-order valence-corrected chi connectivity index (χ1v) is 5.55. The van der Waals surface area contributed by atoms with Gasteiger partial charge in [-0.2, -0.15) is 0 Å². The summed E-state index contributed by atoms with van der Waals surface area (Å²) >= 11 is 0. The molecular formula is C13H19NO3. The lowest BCUT2D eigenvalue weighted by molar-refractivity contribution is 0.320. The zero-order valence-electron chi connectivity index (χ0n) is 10.7. The van der Waals surface area contributed by atoms with Gasteiger partial charge in [0, 0.05) is 18.2 Å². The molecule has 0 saturated carbocycles. The van der Waals surface area contributed by atoms with E-state index in [9.17, 15) is 0 Å². The molecule has 0 saturated heterocycles. The van der Waals surface area contributed by atoms with Gasteiger partial charge in [0.1, 0.15) is 0 Å². The maximum Gasteiger partial charge on any atom is 0.164 e. The van der Waals surface area contributed by atoms with E-state index in [1.807, 2.05) is 12.1 Å². The molecule has 0 aromatic heterocycles. The summed E-state index contributed by atoms with van der Waals surface area (Å²) < 4.78 is 10.7. The van der Waals surface area contributed by atoms with E-state index in [1.54, 1.807) is 14.2 Å². The zero-order chi connectivity index (χ0) is 12.8. The molecule has 94 valence electrons. The molecule has 0 aliphatic carbocycles. The zero-order valence-corrected chi connectivity index (χ0v) is 10.7. The summed E-state index contributed by atoms with van der Waals surface area (Å²) in [5.41, 5.74) is 2.17. The molecule has 0 aliphatic rings. The Bertz CT molecular complexity index is 400. The van der Waals surface area contributed by atoms with E-state index < -0.39 is 0 Å². The third-order valence-corrected chi connectivity index (χ3v) is 2.64. The van der Waals surface area contributed by atoms with Gasteiger partial charge in [0.2, 0.25) is 0 Å². The molecule has 1 rings (SSSR count). The molecule has 1 aromatic carbocycles. The van der Waals surface area contributed by atoms with Crippen molar-refractivity contribution in [3.05, 3.63) is 23.3 Å². The number of benzene rings is 1. The van der Waals surface area contributed by atoms with Crippen molar-refractivity contribution in [3.8, 4) is 11.5 Å². The first kappa shape index (κ1) is 13.4. The van der Waals surface area contributed by atoms with E-state index in [0.29, 0.717) is 12.3 Å². The molecule has 0 atom stereocenters. The lowest BCUT2D eigenvalue weighted by Gasteiger charge is -2.18. The molecule has 0 fully saturated rings. The van der Waals surface area contributed by atoms with E-state index in [2.05, 4.69) is 19.0 Å². The SMILES string of the molecule is COc1ccc(CC=NO)c(C(C)C)c1OC. The minimum Gasteiger partial charge on any atom is -0.493 e. The van der Waals surface area contributed by atoms with Crippen molar-refractivity contribution in [2.75, 3.05) is 14.2 Å². The Morgan fingerprint density at radius 1 is 1.29 bits per heavy atom. The molecule has 0 bridgehead atoms. The summed E-state index contributed by atoms with van der Waals surface area (Å²) in [7, 11) is 3.25. The van der Waals surface area contributed by atoms with Crippen LogP contribution in [-0.2, 0) is 6.42 Å². The largest absolute Gasteiger partial charge is 0.493 e. The number of hydrogen-bond acceptors (Lipinski definition) is 4. The fourth-order valence-electron chi connectivity index (χ4n) is 1.94. The Labute approximate surface area is 102 Å². The van der Waals surface area contributed by atoms with Crippen LogP contribution in [0.3, 0.4) is 0 Å². The highest BCUT2D eigenvalue weighted by Gasteiger charge is 2.16. The number of nitrogens with zero attached hydrogens (tertiary/aromatic N) is 1. The number of ether oxygens (including phenoxy) is 2. The van der Waals surface area contributed by atoms with Gasteiger partial charge in [-0.15, -0.1) is 5.16 Å². The lowest BCUT2D eigenvalue weighted by Crippen LogP contribution is -2.03. The molecule has 0 spiro atoms. The molecule has 0 radical (unpaired) electrons. The lowest BCUT2D eigenvalue weighted by atomic mass is 9.94. The molecule has 17 heavy (non-hydrogen) atoms. The summed E-state index contributed by atoms with van der Waals surface area (Å²) in [6.07, 6.45) is 2.04. The minimum atomic E-state index is 0.308. The second-order valence-corrected chi connectivity index (χ2v) is 4.03. The number of methoxy groups -OCH3 is 2. The highest BCUT2D eigenvalue weighted by Crippen LogP contribution is 2.37. The highest BCUT2D eigenvalue weighted by atomic mass is 16.5. The third kappa shape index (κ3) is 2.90. The first-order chi connectivity index (χ1) is 8.15. The molecule has 4 nitrogen and oxygen atoms in total. The van der Waals surface area contributed by atoms with E-state index in [4.69, 9.17) is 14.7 Å². The van der Waals surface area contributed by atoms with E-state index >= 15 is 0 Å². The third-order valence-electron chi connectivity index (χ3n) is 2.64. The molecule has 1 N–H and O–H groups in total. The van der Waals surface area contributed by atoms with Crippen LogP contribution in [0.25, 0.3) is 0 Å². The van der Waals surface area contributed by atoms with Crippen LogP contribution >= 0.6 is 0 Å². The molecule has 1 aromatic rings. The van der Waals surface area contributed by atoms with Crippen molar-refractivity contribution in [1.82, 2.24) is 0 Å². The smallest absolute Gasteiger partial charge is 0.164 e. The monoisotopic (exact) mass is 237 g/mol. The van der Waals surface area contributed by atoms with E-state index in [-0.39, 0.29) is 0 Å². The standard InChI is InChI=1S/C13H19NO3/c1-9(2)12-10(7-8-14-15)5-6-11(16-3)13(12)17-4/h5-6,8-9,15H,7H2,1-4H3. The van der Waals surface area contributed by atoms with Crippen molar-refractivity contribution in [2.45, 2.75) is 26.2 Å². The van der Waals surface area contributed by atoms with Crippen molar-refractivity contribution in [1.29, 1.82) is 0 Å². The first-order valence-electron chi connectivity index (χ1n) is 5.55. The Morgan fingerprint density at radius 3 is 2.47 bits per heavy atom. The van der Waals surface area contributed by atoms with Gasteiger partial charge in [0.25, 0.3) is 0 Å². The summed E-state index contributed by atoms with van der Waals surface area (Å²) in [5, 5.41) is 11.5. The van der Waals surface area contributed by atoms with Gasteiger partial charge in [0.05, 0.1) is 14.2 Å². The summed E-state index contributed by atoms with van der Waals surface area (Å²) in [6.45, 7) is 4.19. The second-order valence-electron chi connectivity index (χ2n) is 4.03. The van der Waals surface area contributed by atoms with Gasteiger partial charge < -0.3 is 14.7 Å².